The van der Waals surface area contributed by atoms with E-state index in [0.29, 0.717) is 5.01 Å². The maximum atomic E-state index is 12.9. The summed E-state index contributed by atoms with van der Waals surface area (Å²) in [7, 11) is 0. The van der Waals surface area contributed by atoms with Crippen molar-refractivity contribution < 1.29 is 18.8 Å². The molecule has 6 heteroatoms. The van der Waals surface area contributed by atoms with Crippen molar-refractivity contribution >= 4 is 17.5 Å². The van der Waals surface area contributed by atoms with Crippen molar-refractivity contribution in [2.45, 2.75) is 0 Å². The van der Waals surface area contributed by atoms with Crippen molar-refractivity contribution in [1.82, 2.24) is 5.01 Å². The molecule has 3 rings (SSSR count). The van der Waals surface area contributed by atoms with Crippen LogP contribution in [0, 0.1) is 5.82 Å². The van der Waals surface area contributed by atoms with Crippen LogP contribution in [0.2, 0.25) is 0 Å². The first kappa shape index (κ1) is 14.8. The second-order valence-corrected chi connectivity index (χ2v) is 4.95. The zero-order chi connectivity index (χ0) is 16.6. The lowest BCUT2D eigenvalue weighted by atomic mass is 9.92. The van der Waals surface area contributed by atoms with E-state index in [0.717, 1.165) is 18.2 Å². The molecule has 0 bridgehead atoms. The van der Waals surface area contributed by atoms with Gasteiger partial charge in [-0.2, -0.15) is 0 Å². The molecule has 114 valence electrons. The van der Waals surface area contributed by atoms with Gasteiger partial charge in [-0.1, -0.05) is 24.3 Å². The normalized spacial score (nSPS) is 13.4. The Morgan fingerprint density at radius 1 is 0.957 bits per heavy atom. The second-order valence-electron chi connectivity index (χ2n) is 4.95. The first-order valence-electron chi connectivity index (χ1n) is 6.73. The molecule has 0 saturated carbocycles. The van der Waals surface area contributed by atoms with E-state index in [1.54, 1.807) is 12.1 Å². The highest BCUT2D eigenvalue weighted by Crippen LogP contribution is 2.23. The third kappa shape index (κ3) is 2.56. The summed E-state index contributed by atoms with van der Waals surface area (Å²) in [5.74, 6) is 3.59. The number of fused-ring (bicyclic) bond motifs is 1. The summed E-state index contributed by atoms with van der Waals surface area (Å²) in [5.41, 5.74) is 0.346. The summed E-state index contributed by atoms with van der Waals surface area (Å²) in [6.45, 7) is 0. The van der Waals surface area contributed by atoms with Gasteiger partial charge in [0.05, 0.1) is 0 Å². The number of amides is 1. The number of carbonyl (C=O) groups is 3. The number of nitrogens with two attached hydrogens (primary N) is 1. The molecule has 0 fully saturated rings. The Bertz CT molecular complexity index is 856. The lowest BCUT2D eigenvalue weighted by Crippen LogP contribution is -2.41. The van der Waals surface area contributed by atoms with Crippen LogP contribution in [0.25, 0.3) is 0 Å². The van der Waals surface area contributed by atoms with E-state index in [4.69, 9.17) is 5.84 Å². The van der Waals surface area contributed by atoms with Crippen LogP contribution in [0.1, 0.15) is 31.1 Å². The number of rotatable bonds is 2. The van der Waals surface area contributed by atoms with E-state index in [9.17, 15) is 18.8 Å². The lowest BCUT2D eigenvalue weighted by molar-refractivity contribution is 0.0765. The molecule has 1 aliphatic carbocycles. The molecule has 5 nitrogen and oxygen atoms in total. The molecule has 0 spiro atoms. The number of benzene rings is 2. The van der Waals surface area contributed by atoms with Gasteiger partial charge >= 0.3 is 0 Å². The van der Waals surface area contributed by atoms with E-state index in [1.165, 1.54) is 24.3 Å². The monoisotopic (exact) mass is 310 g/mol. The Hall–Kier alpha value is -3.12. The minimum absolute atomic E-state index is 0.105. The number of hydrogen-bond donors (Lipinski definition) is 1. The Labute approximate surface area is 130 Å². The smallest absolute Gasteiger partial charge is 0.272 e. The molecule has 1 aliphatic rings. The molecule has 2 N–H and O–H groups in total. The highest BCUT2D eigenvalue weighted by Gasteiger charge is 2.30. The summed E-state index contributed by atoms with van der Waals surface area (Å²) < 4.78 is 12.9. The number of hydrazine groups is 1. The summed E-state index contributed by atoms with van der Waals surface area (Å²) in [6, 6.07) is 11.0. The number of carbonyl (C=O) groups excluding carboxylic acids is 3. The zero-order valence-electron chi connectivity index (χ0n) is 11.8. The Morgan fingerprint density at radius 3 is 2.22 bits per heavy atom. The lowest BCUT2D eigenvalue weighted by Gasteiger charge is -2.22. The molecular formula is C17H11FN2O3. The van der Waals surface area contributed by atoms with Gasteiger partial charge < -0.3 is 0 Å². The van der Waals surface area contributed by atoms with Crippen LogP contribution in [0.15, 0.2) is 60.3 Å². The Balaban J connectivity index is 1.95. The topological polar surface area (TPSA) is 80.5 Å². The summed E-state index contributed by atoms with van der Waals surface area (Å²) >= 11 is 0. The van der Waals surface area contributed by atoms with Crippen LogP contribution in [-0.4, -0.2) is 22.5 Å². The fourth-order valence-electron chi connectivity index (χ4n) is 2.32. The van der Waals surface area contributed by atoms with Crippen LogP contribution >= 0.6 is 0 Å². The maximum absolute atomic E-state index is 12.9. The average molecular weight is 310 g/mol. The van der Waals surface area contributed by atoms with E-state index in [-0.39, 0.29) is 22.4 Å². The van der Waals surface area contributed by atoms with E-state index in [1.807, 2.05) is 0 Å². The minimum atomic E-state index is -0.711. The number of nitrogens with zero attached hydrogens (tertiary/aromatic N) is 1. The number of allylic oxidation sites excluding steroid dienone is 2. The zero-order valence-corrected chi connectivity index (χ0v) is 11.8. The molecule has 2 aromatic rings. The molecule has 0 saturated heterocycles. The molecule has 0 unspecified atom stereocenters. The van der Waals surface area contributed by atoms with Crippen molar-refractivity contribution in [2.75, 3.05) is 0 Å². The van der Waals surface area contributed by atoms with Crippen LogP contribution < -0.4 is 5.84 Å². The van der Waals surface area contributed by atoms with Gasteiger partial charge in [-0.15, -0.1) is 0 Å². The van der Waals surface area contributed by atoms with Crippen LogP contribution in [0.5, 0.6) is 0 Å². The van der Waals surface area contributed by atoms with Gasteiger partial charge in [-0.25, -0.2) is 15.2 Å². The summed E-state index contributed by atoms with van der Waals surface area (Å²) in [4.78, 5) is 36.8. The molecule has 23 heavy (non-hydrogen) atoms. The van der Waals surface area contributed by atoms with Crippen molar-refractivity contribution in [3.05, 3.63) is 82.8 Å². The van der Waals surface area contributed by atoms with E-state index < -0.39 is 23.3 Å². The first-order valence-corrected chi connectivity index (χ1v) is 6.73. The van der Waals surface area contributed by atoms with Crippen molar-refractivity contribution in [3.63, 3.8) is 0 Å². The van der Waals surface area contributed by atoms with Crippen LogP contribution in [0.3, 0.4) is 0 Å². The van der Waals surface area contributed by atoms with Crippen molar-refractivity contribution in [2.24, 2.45) is 5.84 Å². The van der Waals surface area contributed by atoms with Gasteiger partial charge in [0.1, 0.15) is 11.5 Å². The Morgan fingerprint density at radius 2 is 1.57 bits per heavy atom. The molecule has 1 amide bonds. The quantitative estimate of drug-likeness (QED) is 0.523. The fraction of sp³-hybridized carbons (Fsp3) is 0. The van der Waals surface area contributed by atoms with Gasteiger partial charge in [0.2, 0.25) is 5.78 Å². The number of Topliss-reactive ketones (excluding diaryl/α,β-unsaturated/α-hetero) is 1. The molecule has 2 aromatic carbocycles. The largest absolute Gasteiger partial charge is 0.289 e. The second kappa shape index (κ2) is 5.58. The van der Waals surface area contributed by atoms with Crippen LogP contribution in [-0.2, 0) is 0 Å². The third-order valence-corrected chi connectivity index (χ3v) is 3.51. The Kier molecular flexibility index (Phi) is 3.59. The molecule has 0 heterocycles. The average Bonchev–Trinajstić information content (AvgIpc) is 2.57. The number of ketones is 2. The number of halogens is 1. The van der Waals surface area contributed by atoms with Crippen molar-refractivity contribution in [1.29, 1.82) is 0 Å². The van der Waals surface area contributed by atoms with Gasteiger partial charge in [0.25, 0.3) is 5.91 Å². The predicted molar refractivity (Wildman–Crippen MR) is 79.9 cm³/mol. The first-order chi connectivity index (χ1) is 11.0. The molecule has 0 atom stereocenters. The van der Waals surface area contributed by atoms with Gasteiger partial charge in [-0.3, -0.25) is 14.4 Å². The molecule has 0 aromatic heterocycles. The van der Waals surface area contributed by atoms with Gasteiger partial charge in [0.15, 0.2) is 5.78 Å². The SMILES string of the molecule is NN(C(=O)c1ccc(F)cc1)C1=CC(=O)c2ccccc2C1=O. The fourth-order valence-corrected chi connectivity index (χ4v) is 2.32. The highest BCUT2D eigenvalue weighted by atomic mass is 19.1. The summed E-state index contributed by atoms with van der Waals surface area (Å²) in [5, 5.41) is 0.614. The third-order valence-electron chi connectivity index (χ3n) is 3.51. The van der Waals surface area contributed by atoms with E-state index >= 15 is 0 Å². The van der Waals surface area contributed by atoms with Crippen molar-refractivity contribution in [3.8, 4) is 0 Å². The molecule has 0 aliphatic heterocycles. The molecule has 0 radical (unpaired) electrons. The minimum Gasteiger partial charge on any atom is -0.289 e. The maximum Gasteiger partial charge on any atom is 0.272 e. The van der Waals surface area contributed by atoms with Gasteiger partial charge in [0, 0.05) is 22.8 Å². The predicted octanol–water partition coefficient (Wildman–Crippen LogP) is 2.10. The number of hydrogen-bond acceptors (Lipinski definition) is 4. The van der Waals surface area contributed by atoms with Gasteiger partial charge in [-0.05, 0) is 24.3 Å². The van der Waals surface area contributed by atoms with E-state index in [2.05, 4.69) is 0 Å². The summed E-state index contributed by atoms with van der Waals surface area (Å²) in [6.07, 6.45) is 1.03. The standard InChI is InChI=1S/C17H11FN2O3/c18-11-7-5-10(6-8-11)17(23)20(19)14-9-15(21)12-3-1-2-4-13(12)16(14)22/h1-9H,19H2. The molecular weight excluding hydrogens is 299 g/mol. The highest BCUT2D eigenvalue weighted by molar-refractivity contribution is 6.25. The van der Waals surface area contributed by atoms with Crippen LogP contribution in [0.4, 0.5) is 4.39 Å².